The van der Waals surface area contributed by atoms with Crippen LogP contribution in [0.1, 0.15) is 36.5 Å². The van der Waals surface area contributed by atoms with Gasteiger partial charge in [0.25, 0.3) is 0 Å². The summed E-state index contributed by atoms with van der Waals surface area (Å²) in [6.45, 7) is 4.11. The Hall–Kier alpha value is -3.53. The van der Waals surface area contributed by atoms with Gasteiger partial charge in [-0.1, -0.05) is 12.1 Å². The number of anilines is 1. The Morgan fingerprint density at radius 3 is 2.76 bits per heavy atom. The van der Waals surface area contributed by atoms with Crippen LogP contribution in [0.15, 0.2) is 35.3 Å². The lowest BCUT2D eigenvalue weighted by molar-refractivity contribution is -0.119. The Kier molecular flexibility index (Phi) is 4.80. The van der Waals surface area contributed by atoms with E-state index in [1.54, 1.807) is 6.92 Å². The highest BCUT2D eigenvalue weighted by molar-refractivity contribution is 7.24. The number of esters is 1. The molecule has 1 amide bonds. The first kappa shape index (κ1) is 21.0. The summed E-state index contributed by atoms with van der Waals surface area (Å²) in [5.41, 5.74) is 0.974. The normalized spacial score (nSPS) is 17.7. The van der Waals surface area contributed by atoms with E-state index in [-0.39, 0.29) is 28.9 Å². The van der Waals surface area contributed by atoms with E-state index in [4.69, 9.17) is 9.72 Å². The number of carbonyl (C=O) groups excluding carboxylic acids is 2. The number of piperidine rings is 1. The maximum atomic E-state index is 13.4. The standard InChI is InChI=1S/C24H23N5O4S/c1-2-33-22(32)18-19(31)14-12-25-23(28-9-7-24(8-10-28)11-17(30)26-13-24)27-20(14)29-15-5-3-4-6-16(15)34-21(18)29/h3-6,12H,2,7-11,13H2,1H3,(H,26,30). The van der Waals surface area contributed by atoms with Crippen molar-refractivity contribution < 1.29 is 14.3 Å². The van der Waals surface area contributed by atoms with Crippen LogP contribution in [0.5, 0.6) is 0 Å². The summed E-state index contributed by atoms with van der Waals surface area (Å²) in [7, 11) is 0. The van der Waals surface area contributed by atoms with Crippen molar-refractivity contribution in [3.63, 3.8) is 0 Å². The van der Waals surface area contributed by atoms with Crippen LogP contribution in [0.4, 0.5) is 5.95 Å². The van der Waals surface area contributed by atoms with E-state index in [1.165, 1.54) is 17.5 Å². The van der Waals surface area contributed by atoms with Crippen LogP contribution in [0.25, 0.3) is 26.1 Å². The quantitative estimate of drug-likeness (QED) is 0.452. The summed E-state index contributed by atoms with van der Waals surface area (Å²) in [4.78, 5) is 49.9. The van der Waals surface area contributed by atoms with Crippen molar-refractivity contribution in [2.24, 2.45) is 5.41 Å². The number of benzene rings is 1. The number of rotatable bonds is 3. The zero-order chi connectivity index (χ0) is 23.4. The van der Waals surface area contributed by atoms with E-state index in [2.05, 4.69) is 15.2 Å². The predicted octanol–water partition coefficient (Wildman–Crippen LogP) is 2.74. The average Bonchev–Trinajstić information content (AvgIpc) is 3.40. The molecule has 2 aliphatic heterocycles. The minimum absolute atomic E-state index is 0.0187. The molecule has 174 valence electrons. The molecule has 9 nitrogen and oxygen atoms in total. The van der Waals surface area contributed by atoms with Gasteiger partial charge in [0.15, 0.2) is 5.65 Å². The molecule has 0 aliphatic carbocycles. The lowest BCUT2D eigenvalue weighted by Crippen LogP contribution is -2.42. The van der Waals surface area contributed by atoms with Crippen LogP contribution in [0.3, 0.4) is 0 Å². The van der Waals surface area contributed by atoms with Crippen molar-refractivity contribution >= 4 is 55.2 Å². The molecular formula is C24H23N5O4S. The van der Waals surface area contributed by atoms with Crippen molar-refractivity contribution in [2.75, 3.05) is 31.1 Å². The molecule has 4 aromatic rings. The number of hydrogen-bond acceptors (Lipinski definition) is 8. The van der Waals surface area contributed by atoms with Gasteiger partial charge in [-0.3, -0.25) is 14.0 Å². The fourth-order valence-corrected chi connectivity index (χ4v) is 6.28. The number of pyridine rings is 1. The monoisotopic (exact) mass is 477 g/mol. The van der Waals surface area contributed by atoms with Gasteiger partial charge in [0.1, 0.15) is 10.4 Å². The molecule has 5 heterocycles. The maximum Gasteiger partial charge on any atom is 0.345 e. The molecule has 6 rings (SSSR count). The molecule has 1 aromatic carbocycles. The van der Waals surface area contributed by atoms with Gasteiger partial charge in [-0.2, -0.15) is 4.98 Å². The van der Waals surface area contributed by atoms with Crippen molar-refractivity contribution in [1.29, 1.82) is 0 Å². The maximum absolute atomic E-state index is 13.4. The second kappa shape index (κ2) is 7.76. The predicted molar refractivity (Wildman–Crippen MR) is 130 cm³/mol. The summed E-state index contributed by atoms with van der Waals surface area (Å²) in [5.74, 6) is 0.0366. The Morgan fingerprint density at radius 2 is 2.03 bits per heavy atom. The van der Waals surface area contributed by atoms with E-state index >= 15 is 0 Å². The van der Waals surface area contributed by atoms with E-state index in [0.29, 0.717) is 22.8 Å². The largest absolute Gasteiger partial charge is 0.462 e. The van der Waals surface area contributed by atoms with Gasteiger partial charge in [0.2, 0.25) is 17.3 Å². The number of fused-ring (bicyclic) bond motifs is 5. The Balaban J connectivity index is 1.50. The summed E-state index contributed by atoms with van der Waals surface area (Å²) in [6.07, 6.45) is 3.86. The van der Waals surface area contributed by atoms with Crippen LogP contribution in [-0.4, -0.2) is 52.5 Å². The molecule has 0 radical (unpaired) electrons. The van der Waals surface area contributed by atoms with Crippen LogP contribution in [-0.2, 0) is 9.53 Å². The third-order valence-electron chi connectivity index (χ3n) is 6.95. The summed E-state index contributed by atoms with van der Waals surface area (Å²) in [5, 5.41) is 3.24. The molecule has 3 aromatic heterocycles. The number of ether oxygens (including phenoxy) is 1. The van der Waals surface area contributed by atoms with Gasteiger partial charge in [0.05, 0.1) is 22.2 Å². The van der Waals surface area contributed by atoms with Crippen LogP contribution in [0.2, 0.25) is 0 Å². The lowest BCUT2D eigenvalue weighted by atomic mass is 9.78. The van der Waals surface area contributed by atoms with Crippen molar-refractivity contribution in [2.45, 2.75) is 26.2 Å². The highest BCUT2D eigenvalue weighted by atomic mass is 32.1. The van der Waals surface area contributed by atoms with Gasteiger partial charge in [-0.15, -0.1) is 11.3 Å². The smallest absolute Gasteiger partial charge is 0.345 e. The van der Waals surface area contributed by atoms with E-state index in [0.717, 1.165) is 42.7 Å². The summed E-state index contributed by atoms with van der Waals surface area (Å²) >= 11 is 1.38. The molecule has 10 heteroatoms. The molecular weight excluding hydrogens is 454 g/mol. The number of amides is 1. The molecule has 1 N–H and O–H groups in total. The van der Waals surface area contributed by atoms with Crippen molar-refractivity contribution in [3.8, 4) is 0 Å². The Bertz CT molecular complexity index is 1530. The topological polar surface area (TPSA) is 106 Å². The number of thiazole rings is 1. The molecule has 2 aliphatic rings. The van der Waals surface area contributed by atoms with Gasteiger partial charge in [-0.05, 0) is 37.3 Å². The Morgan fingerprint density at radius 1 is 1.24 bits per heavy atom. The molecule has 2 fully saturated rings. The number of aromatic nitrogens is 3. The SMILES string of the molecule is CCOC(=O)c1c(=O)c2cnc(N3CCC4(CC3)CNC(=O)C4)nc2n2c1sc1ccccc12. The summed E-state index contributed by atoms with van der Waals surface area (Å²) < 4.78 is 8.03. The van der Waals surface area contributed by atoms with Crippen LogP contribution in [0, 0.1) is 5.41 Å². The zero-order valence-electron chi connectivity index (χ0n) is 18.7. The molecule has 0 saturated carbocycles. The number of carbonyl (C=O) groups is 2. The van der Waals surface area contributed by atoms with E-state index in [9.17, 15) is 14.4 Å². The number of nitrogens with one attached hydrogen (secondary N) is 1. The lowest BCUT2D eigenvalue weighted by Gasteiger charge is -2.38. The fourth-order valence-electron chi connectivity index (χ4n) is 5.11. The molecule has 34 heavy (non-hydrogen) atoms. The van der Waals surface area contributed by atoms with Gasteiger partial charge < -0.3 is 15.0 Å². The number of para-hydroxylation sites is 1. The fraction of sp³-hybridized carbons (Fsp3) is 0.375. The first-order chi connectivity index (χ1) is 16.5. The Labute approximate surface area is 198 Å². The highest BCUT2D eigenvalue weighted by Crippen LogP contribution is 2.38. The minimum Gasteiger partial charge on any atom is -0.462 e. The van der Waals surface area contributed by atoms with E-state index in [1.807, 2.05) is 28.7 Å². The average molecular weight is 478 g/mol. The third kappa shape index (κ3) is 3.16. The van der Waals surface area contributed by atoms with E-state index < -0.39 is 11.4 Å². The number of nitrogens with zero attached hydrogens (tertiary/aromatic N) is 4. The third-order valence-corrected chi connectivity index (χ3v) is 8.10. The van der Waals surface area contributed by atoms with Crippen LogP contribution < -0.4 is 15.6 Å². The summed E-state index contributed by atoms with van der Waals surface area (Å²) in [6, 6.07) is 7.76. The molecule has 0 atom stereocenters. The second-order valence-corrected chi connectivity index (χ2v) is 10.0. The van der Waals surface area contributed by atoms with Gasteiger partial charge >= 0.3 is 5.97 Å². The molecule has 1 spiro atoms. The van der Waals surface area contributed by atoms with Gasteiger partial charge in [-0.25, -0.2) is 9.78 Å². The van der Waals surface area contributed by atoms with Crippen molar-refractivity contribution in [1.82, 2.24) is 19.7 Å². The van der Waals surface area contributed by atoms with Crippen LogP contribution >= 0.6 is 11.3 Å². The first-order valence-electron chi connectivity index (χ1n) is 11.4. The number of hydrogen-bond donors (Lipinski definition) is 1. The van der Waals surface area contributed by atoms with Crippen molar-refractivity contribution in [3.05, 3.63) is 46.2 Å². The molecule has 2 saturated heterocycles. The van der Waals surface area contributed by atoms with Gasteiger partial charge in [0, 0.05) is 32.3 Å². The second-order valence-electron chi connectivity index (χ2n) is 8.98. The minimum atomic E-state index is -0.636. The molecule has 0 unspecified atom stereocenters. The first-order valence-corrected chi connectivity index (χ1v) is 12.2. The zero-order valence-corrected chi connectivity index (χ0v) is 19.5. The highest BCUT2D eigenvalue weighted by Gasteiger charge is 2.41. The molecule has 0 bridgehead atoms.